The number of carbonyl (C=O) groups is 1. The van der Waals surface area contributed by atoms with Gasteiger partial charge >= 0.3 is 0 Å². The molecule has 1 aliphatic heterocycles. The van der Waals surface area contributed by atoms with Crippen LogP contribution >= 0.6 is 11.8 Å². The summed E-state index contributed by atoms with van der Waals surface area (Å²) >= 11 is 1.31. The third-order valence-corrected chi connectivity index (χ3v) is 5.72. The number of carbonyl (C=O) groups excluding carboxylic acids is 1. The minimum Gasteiger partial charge on any atom is -0.378 e. The second-order valence-corrected chi connectivity index (χ2v) is 7.71. The molecule has 3 rings (SSSR count). The Morgan fingerprint density at radius 3 is 2.70 bits per heavy atom. The van der Waals surface area contributed by atoms with Crippen molar-refractivity contribution in [2.45, 2.75) is 25.4 Å². The molecule has 0 saturated carbocycles. The van der Waals surface area contributed by atoms with Crippen LogP contribution in [0.2, 0.25) is 0 Å². The van der Waals surface area contributed by atoms with E-state index in [0.29, 0.717) is 43.4 Å². The Kier molecular flexibility index (Phi) is 6.34. The number of rotatable bonds is 5. The van der Waals surface area contributed by atoms with E-state index in [2.05, 4.69) is 11.1 Å². The van der Waals surface area contributed by atoms with Crippen LogP contribution in [0.5, 0.6) is 0 Å². The summed E-state index contributed by atoms with van der Waals surface area (Å²) < 4.78 is 6.83. The Balaban J connectivity index is 1.74. The van der Waals surface area contributed by atoms with Crippen molar-refractivity contribution in [1.29, 1.82) is 0 Å². The normalized spacial score (nSPS) is 14.4. The van der Waals surface area contributed by atoms with Crippen LogP contribution < -0.4 is 5.56 Å². The van der Waals surface area contributed by atoms with Gasteiger partial charge in [0.15, 0.2) is 5.16 Å². The predicted molar refractivity (Wildman–Crippen MR) is 106 cm³/mol. The quantitative estimate of drug-likeness (QED) is 0.580. The second-order valence-electron chi connectivity index (χ2n) is 6.77. The molecule has 0 radical (unpaired) electrons. The molecule has 1 saturated heterocycles. The summed E-state index contributed by atoms with van der Waals surface area (Å²) in [7, 11) is 1.72. The van der Waals surface area contributed by atoms with Gasteiger partial charge in [-0.3, -0.25) is 14.2 Å². The zero-order valence-electron chi connectivity index (χ0n) is 16.0. The molecule has 6 nitrogen and oxygen atoms in total. The van der Waals surface area contributed by atoms with Crippen molar-refractivity contribution in [3.8, 4) is 0 Å². The van der Waals surface area contributed by atoms with Gasteiger partial charge < -0.3 is 9.64 Å². The molecule has 1 aliphatic rings. The van der Waals surface area contributed by atoms with Crippen LogP contribution in [0.25, 0.3) is 0 Å². The molecule has 0 aliphatic carbocycles. The highest BCUT2D eigenvalue weighted by atomic mass is 32.2. The van der Waals surface area contributed by atoms with E-state index >= 15 is 0 Å². The lowest BCUT2D eigenvalue weighted by molar-refractivity contribution is -0.132. The van der Waals surface area contributed by atoms with Crippen LogP contribution in [0.1, 0.15) is 22.4 Å². The first-order valence-corrected chi connectivity index (χ1v) is 10.0. The lowest BCUT2D eigenvalue weighted by Crippen LogP contribution is -2.41. The van der Waals surface area contributed by atoms with E-state index in [-0.39, 0.29) is 17.2 Å². The van der Waals surface area contributed by atoms with Gasteiger partial charge in [-0.15, -0.1) is 0 Å². The van der Waals surface area contributed by atoms with Crippen LogP contribution in [0.4, 0.5) is 0 Å². The monoisotopic (exact) mass is 387 g/mol. The molecule has 0 spiro atoms. The van der Waals surface area contributed by atoms with E-state index in [4.69, 9.17) is 4.74 Å². The van der Waals surface area contributed by atoms with Gasteiger partial charge in [0, 0.05) is 37.8 Å². The molecular weight excluding hydrogens is 362 g/mol. The van der Waals surface area contributed by atoms with E-state index < -0.39 is 0 Å². The Labute approximate surface area is 163 Å². The molecule has 0 unspecified atom stereocenters. The number of aryl methyl sites for hydroxylation is 2. The molecule has 0 atom stereocenters. The van der Waals surface area contributed by atoms with Gasteiger partial charge in [0.25, 0.3) is 5.56 Å². The molecule has 1 amide bonds. The molecule has 7 heteroatoms. The maximum Gasteiger partial charge on any atom is 0.257 e. The number of ether oxygens (including phenoxy) is 1. The van der Waals surface area contributed by atoms with Crippen molar-refractivity contribution in [2.75, 3.05) is 32.1 Å². The highest BCUT2D eigenvalue weighted by molar-refractivity contribution is 7.99. The minimum absolute atomic E-state index is 0.0506. The van der Waals surface area contributed by atoms with Gasteiger partial charge in [-0.05, 0) is 19.4 Å². The number of nitrogens with zero attached hydrogens (tertiary/aromatic N) is 3. The molecule has 2 aromatic rings. The maximum absolute atomic E-state index is 12.8. The van der Waals surface area contributed by atoms with Crippen molar-refractivity contribution in [2.24, 2.45) is 7.05 Å². The molecule has 0 N–H and O–H groups in total. The van der Waals surface area contributed by atoms with Gasteiger partial charge in [0.05, 0.1) is 19.0 Å². The van der Waals surface area contributed by atoms with E-state index in [1.54, 1.807) is 16.5 Å². The third-order valence-electron chi connectivity index (χ3n) is 4.70. The van der Waals surface area contributed by atoms with Crippen LogP contribution in [0.3, 0.4) is 0 Å². The lowest BCUT2D eigenvalue weighted by atomic mass is 10.0. The fourth-order valence-corrected chi connectivity index (χ4v) is 4.03. The fraction of sp³-hybridized carbons (Fsp3) is 0.450. The molecule has 144 valence electrons. The van der Waals surface area contributed by atoms with E-state index in [1.165, 1.54) is 17.3 Å². The summed E-state index contributed by atoms with van der Waals surface area (Å²) in [5, 5.41) is 0.576. The Morgan fingerprint density at radius 1 is 1.26 bits per heavy atom. The topological polar surface area (TPSA) is 64.4 Å². The average Bonchev–Trinajstić information content (AvgIpc) is 2.67. The largest absolute Gasteiger partial charge is 0.378 e. The zero-order chi connectivity index (χ0) is 19.4. The van der Waals surface area contributed by atoms with Crippen molar-refractivity contribution < 1.29 is 9.53 Å². The summed E-state index contributed by atoms with van der Waals surface area (Å²) in [5.41, 5.74) is 3.64. The number of morpholine rings is 1. The number of aromatic nitrogens is 2. The van der Waals surface area contributed by atoms with Crippen molar-refractivity contribution in [3.05, 3.63) is 57.0 Å². The smallest absolute Gasteiger partial charge is 0.257 e. The predicted octanol–water partition coefficient (Wildman–Crippen LogP) is 1.94. The highest BCUT2D eigenvalue weighted by Crippen LogP contribution is 2.18. The molecular formula is C20H25N3O3S. The van der Waals surface area contributed by atoms with Gasteiger partial charge in [-0.2, -0.15) is 0 Å². The Morgan fingerprint density at radius 2 is 2.00 bits per heavy atom. The highest BCUT2D eigenvalue weighted by Gasteiger charge is 2.19. The molecule has 1 fully saturated rings. The van der Waals surface area contributed by atoms with Crippen LogP contribution in [-0.2, 0) is 23.0 Å². The van der Waals surface area contributed by atoms with E-state index in [1.807, 2.05) is 32.0 Å². The van der Waals surface area contributed by atoms with E-state index in [0.717, 1.165) is 11.3 Å². The summed E-state index contributed by atoms with van der Waals surface area (Å²) in [6.07, 6.45) is 0.560. The number of hydrogen-bond donors (Lipinski definition) is 0. The first-order valence-electron chi connectivity index (χ1n) is 9.06. The number of amides is 1. The summed E-state index contributed by atoms with van der Waals surface area (Å²) in [4.78, 5) is 31.6. The van der Waals surface area contributed by atoms with Crippen LogP contribution in [0, 0.1) is 13.8 Å². The molecule has 1 aromatic carbocycles. The maximum atomic E-state index is 12.8. The average molecular weight is 388 g/mol. The van der Waals surface area contributed by atoms with Crippen molar-refractivity contribution in [3.63, 3.8) is 0 Å². The molecule has 27 heavy (non-hydrogen) atoms. The summed E-state index contributed by atoms with van der Waals surface area (Å²) in [5.74, 6) is 0.329. The lowest BCUT2D eigenvalue weighted by Gasteiger charge is -2.26. The third kappa shape index (κ3) is 4.78. The second kappa shape index (κ2) is 8.71. The van der Waals surface area contributed by atoms with Gasteiger partial charge in [-0.25, -0.2) is 4.98 Å². The van der Waals surface area contributed by atoms with E-state index in [9.17, 15) is 9.59 Å². The van der Waals surface area contributed by atoms with Gasteiger partial charge in [0.2, 0.25) is 5.91 Å². The number of benzene rings is 1. The standard InChI is InChI=1S/C20H25N3O3S/c1-14-5-4-6-16(11-14)12-17-15(2)21-20(22(3)19(17)25)27-13-18(24)23-7-9-26-10-8-23/h4-6,11H,7-10,12-13H2,1-3H3. The Bertz CT molecular complexity index is 889. The molecule has 2 heterocycles. The van der Waals surface area contributed by atoms with Gasteiger partial charge in [0.1, 0.15) is 0 Å². The zero-order valence-corrected chi connectivity index (χ0v) is 16.8. The minimum atomic E-state index is -0.0506. The van der Waals surface area contributed by atoms with Crippen LogP contribution in [-0.4, -0.2) is 52.4 Å². The Hall–Kier alpha value is -2.12. The first-order chi connectivity index (χ1) is 13.0. The van der Waals surface area contributed by atoms with Gasteiger partial charge in [-0.1, -0.05) is 41.6 Å². The fourth-order valence-electron chi connectivity index (χ4n) is 3.12. The molecule has 0 bridgehead atoms. The number of thioether (sulfide) groups is 1. The number of hydrogen-bond acceptors (Lipinski definition) is 5. The summed E-state index contributed by atoms with van der Waals surface area (Å²) in [6, 6.07) is 8.15. The van der Waals surface area contributed by atoms with Crippen molar-refractivity contribution >= 4 is 17.7 Å². The van der Waals surface area contributed by atoms with Crippen LogP contribution in [0.15, 0.2) is 34.2 Å². The summed E-state index contributed by atoms with van der Waals surface area (Å²) in [6.45, 7) is 6.32. The molecule has 1 aromatic heterocycles. The SMILES string of the molecule is Cc1cccc(Cc2c(C)nc(SCC(=O)N3CCOCC3)n(C)c2=O)c1. The first kappa shape index (κ1) is 19.6. The van der Waals surface area contributed by atoms with Crippen molar-refractivity contribution in [1.82, 2.24) is 14.5 Å².